The Bertz CT molecular complexity index is 201. The summed E-state index contributed by atoms with van der Waals surface area (Å²) in [5.41, 5.74) is 6.73. The molecule has 0 bridgehead atoms. The molecule has 1 aromatic heterocycles. The third kappa shape index (κ3) is 3.35. The van der Waals surface area contributed by atoms with Crippen LogP contribution in [0.2, 0.25) is 0 Å². The van der Waals surface area contributed by atoms with Gasteiger partial charge in [0.05, 0.1) is 0 Å². The number of hydrogen-bond acceptors (Lipinski definition) is 2. The molecule has 2 N–H and O–H groups in total. The van der Waals surface area contributed by atoms with Gasteiger partial charge < -0.3 is 5.73 Å². The molecule has 0 aliphatic carbocycles. The molecule has 2 heteroatoms. The maximum absolute atomic E-state index is 5.34. The second-order valence-corrected chi connectivity index (χ2v) is 3.16. The lowest BCUT2D eigenvalue weighted by molar-refractivity contribution is 1.00. The molecule has 11 heavy (non-hydrogen) atoms. The van der Waals surface area contributed by atoms with Crippen molar-refractivity contribution in [2.75, 3.05) is 6.54 Å². The SMILES string of the molecule is NCCC=CCc1ccsc1. The Kier molecular flexibility index (Phi) is 3.94. The summed E-state index contributed by atoms with van der Waals surface area (Å²) in [7, 11) is 0. The van der Waals surface area contributed by atoms with E-state index in [1.54, 1.807) is 11.3 Å². The monoisotopic (exact) mass is 167 g/mol. The van der Waals surface area contributed by atoms with Crippen LogP contribution in [-0.4, -0.2) is 6.54 Å². The lowest BCUT2D eigenvalue weighted by Gasteiger charge is -1.87. The molecule has 0 aliphatic heterocycles. The van der Waals surface area contributed by atoms with Crippen LogP contribution in [0.5, 0.6) is 0 Å². The van der Waals surface area contributed by atoms with Crippen LogP contribution in [0.1, 0.15) is 12.0 Å². The van der Waals surface area contributed by atoms with E-state index >= 15 is 0 Å². The van der Waals surface area contributed by atoms with Crippen molar-refractivity contribution in [1.29, 1.82) is 0 Å². The van der Waals surface area contributed by atoms with Gasteiger partial charge in [-0.15, -0.1) is 0 Å². The van der Waals surface area contributed by atoms with Gasteiger partial charge in [0.1, 0.15) is 0 Å². The maximum Gasteiger partial charge on any atom is -0.00426 e. The topological polar surface area (TPSA) is 26.0 Å². The van der Waals surface area contributed by atoms with Crippen LogP contribution in [0.25, 0.3) is 0 Å². The summed E-state index contributed by atoms with van der Waals surface area (Å²) in [4.78, 5) is 0. The van der Waals surface area contributed by atoms with E-state index in [2.05, 4.69) is 29.0 Å². The van der Waals surface area contributed by atoms with E-state index in [-0.39, 0.29) is 0 Å². The Balaban J connectivity index is 2.23. The lowest BCUT2D eigenvalue weighted by Crippen LogP contribution is -1.95. The summed E-state index contributed by atoms with van der Waals surface area (Å²) in [5.74, 6) is 0. The smallest absolute Gasteiger partial charge is 0.00426 e. The zero-order valence-corrected chi connectivity index (χ0v) is 7.31. The van der Waals surface area contributed by atoms with Gasteiger partial charge in [-0.25, -0.2) is 0 Å². The van der Waals surface area contributed by atoms with Gasteiger partial charge in [-0.1, -0.05) is 12.2 Å². The number of allylic oxidation sites excluding steroid dienone is 1. The van der Waals surface area contributed by atoms with Crippen molar-refractivity contribution in [2.24, 2.45) is 5.73 Å². The highest BCUT2D eigenvalue weighted by Crippen LogP contribution is 2.06. The van der Waals surface area contributed by atoms with Gasteiger partial charge in [0, 0.05) is 0 Å². The van der Waals surface area contributed by atoms with Crippen LogP contribution in [0, 0.1) is 0 Å². The van der Waals surface area contributed by atoms with Gasteiger partial charge in [-0.05, 0) is 41.8 Å². The van der Waals surface area contributed by atoms with E-state index < -0.39 is 0 Å². The van der Waals surface area contributed by atoms with Crippen molar-refractivity contribution < 1.29 is 0 Å². The van der Waals surface area contributed by atoms with E-state index in [4.69, 9.17) is 5.73 Å². The molecule has 1 nitrogen and oxygen atoms in total. The Morgan fingerprint density at radius 3 is 3.00 bits per heavy atom. The van der Waals surface area contributed by atoms with E-state index in [0.29, 0.717) is 0 Å². The molecule has 0 saturated heterocycles. The Hall–Kier alpha value is -0.600. The highest BCUT2D eigenvalue weighted by Gasteiger charge is 1.86. The predicted molar refractivity (Wildman–Crippen MR) is 50.8 cm³/mol. The second kappa shape index (κ2) is 5.10. The normalized spacial score (nSPS) is 11.0. The molecule has 0 amide bonds. The third-order valence-electron chi connectivity index (χ3n) is 1.43. The molecule has 0 fully saturated rings. The fraction of sp³-hybridized carbons (Fsp3) is 0.333. The fourth-order valence-electron chi connectivity index (χ4n) is 0.842. The van der Waals surface area contributed by atoms with E-state index in [0.717, 1.165) is 19.4 Å². The van der Waals surface area contributed by atoms with Gasteiger partial charge in [-0.3, -0.25) is 0 Å². The summed E-state index contributed by atoms with van der Waals surface area (Å²) in [6, 6.07) is 2.15. The van der Waals surface area contributed by atoms with Crippen molar-refractivity contribution in [3.8, 4) is 0 Å². The van der Waals surface area contributed by atoms with Gasteiger partial charge in [0.15, 0.2) is 0 Å². The number of nitrogens with two attached hydrogens (primary N) is 1. The molecule has 0 atom stereocenters. The molecule has 0 radical (unpaired) electrons. The summed E-state index contributed by atoms with van der Waals surface area (Å²) in [6.07, 6.45) is 6.35. The highest BCUT2D eigenvalue weighted by atomic mass is 32.1. The van der Waals surface area contributed by atoms with Crippen LogP contribution >= 0.6 is 11.3 Å². The van der Waals surface area contributed by atoms with Crippen LogP contribution in [0.3, 0.4) is 0 Å². The largest absolute Gasteiger partial charge is 0.330 e. The first kappa shape index (κ1) is 8.50. The van der Waals surface area contributed by atoms with Crippen molar-refractivity contribution in [2.45, 2.75) is 12.8 Å². The average molecular weight is 167 g/mol. The summed E-state index contributed by atoms with van der Waals surface area (Å²) >= 11 is 1.74. The zero-order valence-electron chi connectivity index (χ0n) is 6.49. The molecule has 0 spiro atoms. The maximum atomic E-state index is 5.34. The molecule has 0 aromatic carbocycles. The number of hydrogen-bond donors (Lipinski definition) is 1. The molecule has 60 valence electrons. The Morgan fingerprint density at radius 2 is 2.36 bits per heavy atom. The standard InChI is InChI=1S/C9H13NS/c10-6-3-1-2-4-9-5-7-11-8-9/h1-2,5,7-8H,3-4,6,10H2. The Labute approximate surface area is 71.5 Å². The molecular weight excluding hydrogens is 154 g/mol. The first-order chi connectivity index (χ1) is 5.43. The fourth-order valence-corrected chi connectivity index (χ4v) is 1.52. The number of thiophene rings is 1. The third-order valence-corrected chi connectivity index (χ3v) is 2.17. The van der Waals surface area contributed by atoms with E-state index in [1.807, 2.05) is 0 Å². The molecule has 1 heterocycles. The quantitative estimate of drug-likeness (QED) is 0.683. The van der Waals surface area contributed by atoms with Gasteiger partial charge >= 0.3 is 0 Å². The average Bonchev–Trinajstić information content (AvgIpc) is 2.50. The van der Waals surface area contributed by atoms with Crippen molar-refractivity contribution in [3.05, 3.63) is 34.5 Å². The van der Waals surface area contributed by atoms with Crippen molar-refractivity contribution in [3.63, 3.8) is 0 Å². The molecule has 1 rings (SSSR count). The first-order valence-electron chi connectivity index (χ1n) is 3.79. The first-order valence-corrected chi connectivity index (χ1v) is 4.74. The van der Waals surface area contributed by atoms with E-state index in [1.165, 1.54) is 5.56 Å². The van der Waals surface area contributed by atoms with Crippen molar-refractivity contribution in [1.82, 2.24) is 0 Å². The minimum absolute atomic E-state index is 0.750. The molecule has 0 saturated carbocycles. The highest BCUT2D eigenvalue weighted by molar-refractivity contribution is 7.07. The van der Waals surface area contributed by atoms with Crippen LogP contribution in [-0.2, 0) is 6.42 Å². The van der Waals surface area contributed by atoms with Crippen molar-refractivity contribution >= 4 is 11.3 Å². The number of rotatable bonds is 4. The predicted octanol–water partition coefficient (Wildman–Crippen LogP) is 2.20. The van der Waals surface area contributed by atoms with Gasteiger partial charge in [0.25, 0.3) is 0 Å². The molecule has 0 aliphatic rings. The summed E-state index contributed by atoms with van der Waals surface area (Å²) < 4.78 is 0. The summed E-state index contributed by atoms with van der Waals surface area (Å²) in [5, 5.41) is 4.28. The molecular formula is C9H13NS. The van der Waals surface area contributed by atoms with Gasteiger partial charge in [0.2, 0.25) is 0 Å². The van der Waals surface area contributed by atoms with Gasteiger partial charge in [-0.2, -0.15) is 11.3 Å². The zero-order chi connectivity index (χ0) is 7.94. The van der Waals surface area contributed by atoms with E-state index in [9.17, 15) is 0 Å². The second-order valence-electron chi connectivity index (χ2n) is 2.38. The van der Waals surface area contributed by atoms with Crippen LogP contribution in [0.4, 0.5) is 0 Å². The van der Waals surface area contributed by atoms with Crippen LogP contribution < -0.4 is 5.73 Å². The minimum Gasteiger partial charge on any atom is -0.330 e. The Morgan fingerprint density at radius 1 is 1.45 bits per heavy atom. The minimum atomic E-state index is 0.750. The summed E-state index contributed by atoms with van der Waals surface area (Å²) in [6.45, 7) is 0.750. The van der Waals surface area contributed by atoms with Crippen LogP contribution in [0.15, 0.2) is 29.0 Å². The molecule has 0 unspecified atom stereocenters. The lowest BCUT2D eigenvalue weighted by atomic mass is 10.2. The molecule has 1 aromatic rings.